The zero-order chi connectivity index (χ0) is 7.61. The summed E-state index contributed by atoms with van der Waals surface area (Å²) in [5.74, 6) is 0. The van der Waals surface area contributed by atoms with Gasteiger partial charge in [-0.1, -0.05) is 37.4 Å². The second kappa shape index (κ2) is 2.77. The highest BCUT2D eigenvalue weighted by Crippen LogP contribution is 2.06. The fraction of sp³-hybridized carbons (Fsp3) is 0.250. The van der Waals surface area contributed by atoms with Crippen molar-refractivity contribution < 1.29 is 0 Å². The van der Waals surface area contributed by atoms with Crippen LogP contribution in [0.1, 0.15) is 0 Å². The Labute approximate surface area is 67.6 Å². The normalized spacial score (nSPS) is 11.5. The monoisotopic (exact) mass is 169 g/mol. The van der Waals surface area contributed by atoms with Crippen LogP contribution in [0.15, 0.2) is 24.3 Å². The first-order chi connectivity index (χ1) is 4.61. The van der Waals surface area contributed by atoms with E-state index in [1.165, 1.54) is 5.19 Å². The maximum absolute atomic E-state index is 6.17. The molecule has 10 heavy (non-hydrogen) atoms. The molecular formula is C8H10ClSi. The standard InChI is InChI=1S/C8H10ClSi/c1-10(2,9)8-6-4-3-5-7-8/h3-6H,1-2H3. The average molecular weight is 170 g/mol. The van der Waals surface area contributed by atoms with E-state index in [4.69, 9.17) is 11.1 Å². The summed E-state index contributed by atoms with van der Waals surface area (Å²) in [5.41, 5.74) is 0. The third-order valence-electron chi connectivity index (χ3n) is 1.35. The Balaban J connectivity index is 2.97. The SMILES string of the molecule is C[Si](C)(Cl)c1[c]cccc1. The van der Waals surface area contributed by atoms with Gasteiger partial charge in [0, 0.05) is 0 Å². The lowest BCUT2D eigenvalue weighted by Crippen LogP contribution is -2.34. The Bertz CT molecular complexity index is 200. The van der Waals surface area contributed by atoms with Crippen molar-refractivity contribution in [1.29, 1.82) is 0 Å². The Hall–Kier alpha value is -0.273. The lowest BCUT2D eigenvalue weighted by Gasteiger charge is -2.11. The summed E-state index contributed by atoms with van der Waals surface area (Å²) in [6, 6.07) is 11.0. The van der Waals surface area contributed by atoms with Crippen molar-refractivity contribution in [1.82, 2.24) is 0 Å². The second-order valence-electron chi connectivity index (χ2n) is 2.75. The zero-order valence-corrected chi connectivity index (χ0v) is 7.94. The van der Waals surface area contributed by atoms with E-state index >= 15 is 0 Å². The molecule has 0 saturated heterocycles. The van der Waals surface area contributed by atoms with E-state index in [0.717, 1.165) is 0 Å². The van der Waals surface area contributed by atoms with Gasteiger partial charge in [-0.05, 0) is 11.3 Å². The molecule has 1 radical (unpaired) electrons. The summed E-state index contributed by atoms with van der Waals surface area (Å²) < 4.78 is 0. The molecule has 0 fully saturated rings. The molecule has 53 valence electrons. The van der Waals surface area contributed by atoms with E-state index in [0.29, 0.717) is 0 Å². The molecule has 0 heterocycles. The van der Waals surface area contributed by atoms with Crippen molar-refractivity contribution in [3.63, 3.8) is 0 Å². The van der Waals surface area contributed by atoms with E-state index in [1.54, 1.807) is 0 Å². The minimum absolute atomic E-state index is 1.18. The van der Waals surface area contributed by atoms with Crippen molar-refractivity contribution in [3.8, 4) is 0 Å². The molecule has 0 N–H and O–H groups in total. The largest absolute Gasteiger partial charge is 0.181 e. The topological polar surface area (TPSA) is 0 Å². The Morgan fingerprint density at radius 3 is 2.40 bits per heavy atom. The molecule has 1 aromatic rings. The van der Waals surface area contributed by atoms with Crippen molar-refractivity contribution >= 4 is 23.6 Å². The molecule has 0 atom stereocenters. The van der Waals surface area contributed by atoms with Gasteiger partial charge in [0.05, 0.1) is 0 Å². The summed E-state index contributed by atoms with van der Waals surface area (Å²) in [7, 11) is -1.62. The van der Waals surface area contributed by atoms with Gasteiger partial charge in [0.1, 0.15) is 0 Å². The second-order valence-corrected chi connectivity index (χ2v) is 9.07. The molecule has 1 aromatic carbocycles. The van der Waals surface area contributed by atoms with Gasteiger partial charge in [0.25, 0.3) is 0 Å². The third kappa shape index (κ3) is 1.86. The molecule has 0 bridgehead atoms. The van der Waals surface area contributed by atoms with E-state index in [9.17, 15) is 0 Å². The molecule has 1 rings (SSSR count). The van der Waals surface area contributed by atoms with Crippen LogP contribution in [0.5, 0.6) is 0 Å². The summed E-state index contributed by atoms with van der Waals surface area (Å²) in [4.78, 5) is 0. The first-order valence-electron chi connectivity index (χ1n) is 3.27. The summed E-state index contributed by atoms with van der Waals surface area (Å²) in [5, 5.41) is 1.18. The Morgan fingerprint density at radius 1 is 1.40 bits per heavy atom. The van der Waals surface area contributed by atoms with E-state index in [-0.39, 0.29) is 0 Å². The number of rotatable bonds is 1. The molecule has 0 nitrogen and oxygen atoms in total. The van der Waals surface area contributed by atoms with Crippen LogP contribution in [0.2, 0.25) is 13.1 Å². The van der Waals surface area contributed by atoms with Gasteiger partial charge in [-0.25, -0.2) is 0 Å². The Kier molecular flexibility index (Phi) is 2.17. The van der Waals surface area contributed by atoms with Crippen molar-refractivity contribution in [3.05, 3.63) is 30.3 Å². The molecule has 0 aliphatic carbocycles. The van der Waals surface area contributed by atoms with Crippen LogP contribution < -0.4 is 5.19 Å². The predicted molar refractivity (Wildman–Crippen MR) is 48.2 cm³/mol. The molecule has 0 aromatic heterocycles. The van der Waals surface area contributed by atoms with E-state index in [2.05, 4.69) is 19.2 Å². The van der Waals surface area contributed by atoms with Gasteiger partial charge in [0.15, 0.2) is 7.38 Å². The van der Waals surface area contributed by atoms with E-state index in [1.807, 2.05) is 24.3 Å². The van der Waals surface area contributed by atoms with E-state index < -0.39 is 7.38 Å². The van der Waals surface area contributed by atoms with Crippen molar-refractivity contribution in [2.24, 2.45) is 0 Å². The molecule has 2 heteroatoms. The number of halogens is 1. The molecule has 0 aliphatic rings. The van der Waals surface area contributed by atoms with Crippen LogP contribution in [0.4, 0.5) is 0 Å². The van der Waals surface area contributed by atoms with Gasteiger partial charge in [-0.3, -0.25) is 0 Å². The van der Waals surface area contributed by atoms with Gasteiger partial charge in [0.2, 0.25) is 0 Å². The molecule has 0 spiro atoms. The number of hydrogen-bond acceptors (Lipinski definition) is 0. The molecular weight excluding hydrogens is 160 g/mol. The summed E-state index contributed by atoms with van der Waals surface area (Å²) in [6.07, 6.45) is 0. The third-order valence-corrected chi connectivity index (χ3v) is 3.55. The van der Waals surface area contributed by atoms with Crippen molar-refractivity contribution in [2.45, 2.75) is 13.1 Å². The maximum Gasteiger partial charge on any atom is 0.181 e. The van der Waals surface area contributed by atoms with Crippen molar-refractivity contribution in [2.75, 3.05) is 0 Å². The van der Waals surface area contributed by atoms with Gasteiger partial charge >= 0.3 is 0 Å². The quantitative estimate of drug-likeness (QED) is 0.447. The van der Waals surface area contributed by atoms with Gasteiger partial charge in [-0.2, -0.15) is 11.1 Å². The average Bonchev–Trinajstić information content (AvgIpc) is 1.88. The van der Waals surface area contributed by atoms with Crippen LogP contribution in [0, 0.1) is 6.07 Å². The smallest absolute Gasteiger partial charge is 0.161 e. The fourth-order valence-electron chi connectivity index (χ4n) is 0.763. The highest BCUT2D eigenvalue weighted by molar-refractivity contribution is 7.26. The van der Waals surface area contributed by atoms with Crippen LogP contribution in [0.25, 0.3) is 0 Å². The number of hydrogen-bond donors (Lipinski definition) is 0. The summed E-state index contributed by atoms with van der Waals surface area (Å²) >= 11 is 6.17. The highest BCUT2D eigenvalue weighted by Gasteiger charge is 2.18. The van der Waals surface area contributed by atoms with Crippen LogP contribution in [0.3, 0.4) is 0 Å². The van der Waals surface area contributed by atoms with Crippen LogP contribution >= 0.6 is 11.1 Å². The lowest BCUT2D eigenvalue weighted by molar-refractivity contribution is 1.72. The molecule has 0 amide bonds. The van der Waals surface area contributed by atoms with Crippen LogP contribution in [-0.2, 0) is 0 Å². The van der Waals surface area contributed by atoms with Gasteiger partial charge < -0.3 is 0 Å². The number of benzene rings is 1. The van der Waals surface area contributed by atoms with Gasteiger partial charge in [-0.15, -0.1) is 0 Å². The molecule has 0 saturated carbocycles. The Morgan fingerprint density at radius 2 is 2.10 bits per heavy atom. The minimum Gasteiger partial charge on any atom is -0.161 e. The fourth-order valence-corrected chi connectivity index (χ4v) is 2.03. The predicted octanol–water partition coefficient (Wildman–Crippen LogP) is 2.14. The molecule has 0 aliphatic heterocycles. The highest BCUT2D eigenvalue weighted by atomic mass is 35.6. The van der Waals surface area contributed by atoms with Crippen LogP contribution in [-0.4, -0.2) is 7.38 Å². The summed E-state index contributed by atoms with van der Waals surface area (Å²) in [6.45, 7) is 4.20. The zero-order valence-electron chi connectivity index (χ0n) is 6.19. The first kappa shape index (κ1) is 7.83. The lowest BCUT2D eigenvalue weighted by atomic mass is 10.4. The maximum atomic E-state index is 6.17. The minimum atomic E-state index is -1.62. The first-order valence-corrected chi connectivity index (χ1v) is 7.28. The molecule has 0 unspecified atom stereocenters.